The van der Waals surface area contributed by atoms with Gasteiger partial charge in [-0.3, -0.25) is 4.90 Å². The van der Waals surface area contributed by atoms with Crippen LogP contribution in [0.4, 0.5) is 0 Å². The molecule has 5 heteroatoms. The fraction of sp³-hybridized carbons (Fsp3) is 0.529. The highest BCUT2D eigenvalue weighted by molar-refractivity contribution is 5.85. The normalized spacial score (nSPS) is 18.1. The summed E-state index contributed by atoms with van der Waals surface area (Å²) in [5.74, 6) is 0. The van der Waals surface area contributed by atoms with Crippen molar-refractivity contribution >= 4 is 23.3 Å². The molecule has 0 aliphatic carbocycles. The van der Waals surface area contributed by atoms with Crippen molar-refractivity contribution in [3.05, 3.63) is 36.0 Å². The highest BCUT2D eigenvalue weighted by Crippen LogP contribution is 2.39. The Kier molecular flexibility index (Phi) is 5.50. The minimum Gasteiger partial charge on any atom is -0.396 e. The lowest BCUT2D eigenvalue weighted by Crippen LogP contribution is -2.49. The summed E-state index contributed by atoms with van der Waals surface area (Å²) in [5.41, 5.74) is 2.30. The van der Waals surface area contributed by atoms with E-state index < -0.39 is 0 Å². The fourth-order valence-corrected chi connectivity index (χ4v) is 3.42. The molecule has 22 heavy (non-hydrogen) atoms. The second kappa shape index (κ2) is 7.01. The summed E-state index contributed by atoms with van der Waals surface area (Å²) < 4.78 is 0. The molecule has 0 radical (unpaired) electrons. The van der Waals surface area contributed by atoms with Crippen LogP contribution in [0.1, 0.15) is 25.5 Å². The number of fused-ring (bicyclic) bond motifs is 1. The molecule has 1 saturated heterocycles. The van der Waals surface area contributed by atoms with Crippen molar-refractivity contribution in [2.24, 2.45) is 5.41 Å². The van der Waals surface area contributed by atoms with E-state index in [0.717, 1.165) is 26.2 Å². The number of nitrogens with zero attached hydrogens (tertiary/aromatic N) is 1. The highest BCUT2D eigenvalue weighted by Gasteiger charge is 2.35. The number of hydrogen-bond acceptors (Lipinski definition) is 3. The fourth-order valence-electron chi connectivity index (χ4n) is 3.42. The number of piperazine rings is 1. The van der Waals surface area contributed by atoms with E-state index >= 15 is 0 Å². The van der Waals surface area contributed by atoms with Crippen LogP contribution >= 0.6 is 12.4 Å². The minimum absolute atomic E-state index is 0. The van der Waals surface area contributed by atoms with Gasteiger partial charge in [-0.05, 0) is 29.1 Å². The first kappa shape index (κ1) is 17.3. The molecule has 3 N–H and O–H groups in total. The first-order valence-electron chi connectivity index (χ1n) is 7.74. The molecule has 1 aliphatic rings. The number of nitrogens with one attached hydrogen (secondary N) is 2. The van der Waals surface area contributed by atoms with Gasteiger partial charge in [0.25, 0.3) is 0 Å². The van der Waals surface area contributed by atoms with E-state index in [1.54, 1.807) is 0 Å². The summed E-state index contributed by atoms with van der Waals surface area (Å²) in [6.45, 7) is 8.59. The standard InChI is InChI=1S/C17H25N3O.ClH/c1-17(2,12-21)16(20-9-7-18-8-10-20)14-3-4-15-13(11-14)5-6-19-15;/h3-6,11,16,18-19,21H,7-10,12H2,1-2H3;1H/t16-;/m1./s1. The molecule has 1 fully saturated rings. The number of aliphatic hydroxyl groups is 1. The lowest BCUT2D eigenvalue weighted by atomic mass is 9.79. The topological polar surface area (TPSA) is 51.3 Å². The summed E-state index contributed by atoms with van der Waals surface area (Å²) in [6, 6.07) is 8.95. The molecule has 1 aromatic carbocycles. The lowest BCUT2D eigenvalue weighted by Gasteiger charge is -2.43. The van der Waals surface area contributed by atoms with E-state index in [-0.39, 0.29) is 30.5 Å². The summed E-state index contributed by atoms with van der Waals surface area (Å²) in [4.78, 5) is 5.75. The third-order valence-electron chi connectivity index (χ3n) is 4.56. The van der Waals surface area contributed by atoms with Gasteiger partial charge in [0.05, 0.1) is 0 Å². The van der Waals surface area contributed by atoms with Crippen LogP contribution in [0.2, 0.25) is 0 Å². The average Bonchev–Trinajstić information content (AvgIpc) is 2.96. The molecular weight excluding hydrogens is 298 g/mol. The molecule has 0 saturated carbocycles. The number of aliphatic hydroxyl groups excluding tert-OH is 1. The van der Waals surface area contributed by atoms with Gasteiger partial charge in [0.15, 0.2) is 0 Å². The third kappa shape index (κ3) is 3.30. The van der Waals surface area contributed by atoms with Gasteiger partial charge in [-0.15, -0.1) is 12.4 Å². The first-order chi connectivity index (χ1) is 10.1. The van der Waals surface area contributed by atoms with Crippen LogP contribution in [-0.4, -0.2) is 47.8 Å². The number of benzene rings is 1. The molecule has 0 amide bonds. The van der Waals surface area contributed by atoms with E-state index in [1.807, 2.05) is 6.20 Å². The number of rotatable bonds is 4. The maximum atomic E-state index is 9.88. The zero-order chi connectivity index (χ0) is 14.9. The molecule has 4 nitrogen and oxygen atoms in total. The van der Waals surface area contributed by atoms with Crippen molar-refractivity contribution in [1.82, 2.24) is 15.2 Å². The van der Waals surface area contributed by atoms with Gasteiger partial charge in [-0.1, -0.05) is 19.9 Å². The van der Waals surface area contributed by atoms with Crippen LogP contribution in [0.3, 0.4) is 0 Å². The number of aromatic nitrogens is 1. The van der Waals surface area contributed by atoms with Crippen LogP contribution in [0, 0.1) is 5.41 Å². The lowest BCUT2D eigenvalue weighted by molar-refractivity contribution is 0.0306. The molecule has 0 unspecified atom stereocenters. The summed E-state index contributed by atoms with van der Waals surface area (Å²) in [7, 11) is 0. The molecule has 122 valence electrons. The third-order valence-corrected chi connectivity index (χ3v) is 4.56. The van der Waals surface area contributed by atoms with Gasteiger partial charge in [0.2, 0.25) is 0 Å². The quantitative estimate of drug-likeness (QED) is 0.810. The summed E-state index contributed by atoms with van der Waals surface area (Å²) >= 11 is 0. The van der Waals surface area contributed by atoms with Crippen molar-refractivity contribution in [1.29, 1.82) is 0 Å². The van der Waals surface area contributed by atoms with E-state index in [0.29, 0.717) is 0 Å². The molecule has 0 bridgehead atoms. The Morgan fingerprint density at radius 2 is 1.95 bits per heavy atom. The second-order valence-corrected chi connectivity index (χ2v) is 6.66. The average molecular weight is 324 g/mol. The van der Waals surface area contributed by atoms with Crippen LogP contribution in [-0.2, 0) is 0 Å². The maximum Gasteiger partial charge on any atom is 0.0500 e. The van der Waals surface area contributed by atoms with E-state index in [2.05, 4.69) is 53.3 Å². The second-order valence-electron chi connectivity index (χ2n) is 6.66. The Morgan fingerprint density at radius 3 is 2.64 bits per heavy atom. The molecular formula is C17H26ClN3O. The van der Waals surface area contributed by atoms with Gasteiger partial charge in [0, 0.05) is 56.0 Å². The Labute approximate surface area is 138 Å². The predicted octanol–water partition coefficient (Wildman–Crippen LogP) is 2.55. The molecule has 1 aliphatic heterocycles. The minimum atomic E-state index is -0.165. The van der Waals surface area contributed by atoms with E-state index in [4.69, 9.17) is 0 Å². The van der Waals surface area contributed by atoms with Gasteiger partial charge in [-0.25, -0.2) is 0 Å². The van der Waals surface area contributed by atoms with Gasteiger partial charge >= 0.3 is 0 Å². The van der Waals surface area contributed by atoms with Crippen LogP contribution in [0.15, 0.2) is 30.5 Å². The Bertz CT molecular complexity index is 605. The Balaban J connectivity index is 0.00000176. The van der Waals surface area contributed by atoms with Crippen molar-refractivity contribution in [3.8, 4) is 0 Å². The first-order valence-corrected chi connectivity index (χ1v) is 7.74. The van der Waals surface area contributed by atoms with Crippen molar-refractivity contribution in [2.75, 3.05) is 32.8 Å². The van der Waals surface area contributed by atoms with Crippen LogP contribution in [0.25, 0.3) is 10.9 Å². The smallest absolute Gasteiger partial charge is 0.0500 e. The monoisotopic (exact) mass is 323 g/mol. The summed E-state index contributed by atoms with van der Waals surface area (Å²) in [6.07, 6.45) is 1.98. The zero-order valence-electron chi connectivity index (χ0n) is 13.3. The predicted molar refractivity (Wildman–Crippen MR) is 93.6 cm³/mol. The number of aromatic amines is 1. The molecule has 1 aromatic heterocycles. The summed E-state index contributed by atoms with van der Waals surface area (Å²) in [5, 5.41) is 14.5. The van der Waals surface area contributed by atoms with Crippen LogP contribution in [0.5, 0.6) is 0 Å². The number of halogens is 1. The number of hydrogen-bond donors (Lipinski definition) is 3. The van der Waals surface area contributed by atoms with Gasteiger partial charge in [-0.2, -0.15) is 0 Å². The zero-order valence-corrected chi connectivity index (χ0v) is 14.1. The van der Waals surface area contributed by atoms with E-state index in [1.165, 1.54) is 16.5 Å². The van der Waals surface area contributed by atoms with Crippen LogP contribution < -0.4 is 5.32 Å². The van der Waals surface area contributed by atoms with Gasteiger partial charge in [0.1, 0.15) is 0 Å². The van der Waals surface area contributed by atoms with Crippen molar-refractivity contribution in [2.45, 2.75) is 19.9 Å². The SMILES string of the molecule is CC(C)(CO)[C@@H](c1ccc2[nH]ccc2c1)N1CCNCC1.Cl. The molecule has 3 rings (SSSR count). The molecule has 0 spiro atoms. The van der Waals surface area contributed by atoms with Crippen molar-refractivity contribution < 1.29 is 5.11 Å². The van der Waals surface area contributed by atoms with E-state index in [9.17, 15) is 5.11 Å². The molecule has 2 aromatic rings. The Hall–Kier alpha value is -1.07. The largest absolute Gasteiger partial charge is 0.396 e. The van der Waals surface area contributed by atoms with Crippen molar-refractivity contribution in [3.63, 3.8) is 0 Å². The molecule has 2 heterocycles. The highest BCUT2D eigenvalue weighted by atomic mass is 35.5. The maximum absolute atomic E-state index is 9.88. The number of H-pyrrole nitrogens is 1. The molecule has 1 atom stereocenters. The Morgan fingerprint density at radius 1 is 1.23 bits per heavy atom. The van der Waals surface area contributed by atoms with Gasteiger partial charge < -0.3 is 15.4 Å².